The van der Waals surface area contributed by atoms with E-state index < -0.39 is 51.1 Å². The molecule has 130 valence electrons. The van der Waals surface area contributed by atoms with Crippen molar-refractivity contribution in [1.29, 1.82) is 0 Å². The average Bonchev–Trinajstić information content (AvgIpc) is 3.08. The third-order valence-electron chi connectivity index (χ3n) is 4.24. The first-order valence-corrected chi connectivity index (χ1v) is 11.3. The van der Waals surface area contributed by atoms with Gasteiger partial charge in [-0.3, -0.25) is 0 Å². The van der Waals surface area contributed by atoms with Crippen molar-refractivity contribution in [2.24, 2.45) is 0 Å². The van der Waals surface area contributed by atoms with Crippen LogP contribution in [-0.4, -0.2) is 70.3 Å². The first-order valence-electron chi connectivity index (χ1n) is 7.85. The number of aliphatic hydroxyl groups is 2. The number of nitrogens with zero attached hydrogens (tertiary/aromatic N) is 3. The quantitative estimate of drug-likeness (QED) is 0.717. The van der Waals surface area contributed by atoms with Gasteiger partial charge in [0, 0.05) is 5.32 Å². The summed E-state index contributed by atoms with van der Waals surface area (Å²) in [6, 6.07) is -0.395. The summed E-state index contributed by atoms with van der Waals surface area (Å²) in [7, 11) is -1.71. The third kappa shape index (κ3) is 2.97. The van der Waals surface area contributed by atoms with Crippen molar-refractivity contribution in [2.45, 2.75) is 69.9 Å². The van der Waals surface area contributed by atoms with Crippen molar-refractivity contribution in [1.82, 2.24) is 15.0 Å². The summed E-state index contributed by atoms with van der Waals surface area (Å²) in [5.74, 6) is -0.761. The van der Waals surface area contributed by atoms with Crippen LogP contribution < -0.4 is 5.32 Å². The molecule has 0 bridgehead atoms. The van der Waals surface area contributed by atoms with E-state index in [-0.39, 0.29) is 0 Å². The Bertz CT molecular complexity index is 573. The minimum absolute atomic E-state index is 0.395. The van der Waals surface area contributed by atoms with Crippen molar-refractivity contribution in [3.05, 3.63) is 6.20 Å². The van der Waals surface area contributed by atoms with Crippen LogP contribution in [0.3, 0.4) is 0 Å². The molecule has 23 heavy (non-hydrogen) atoms. The molecule has 0 amide bonds. The molecule has 3 heterocycles. The van der Waals surface area contributed by atoms with Crippen molar-refractivity contribution in [3.63, 3.8) is 0 Å². The summed E-state index contributed by atoms with van der Waals surface area (Å²) in [6.07, 6.45) is -0.946. The van der Waals surface area contributed by atoms with Crippen LogP contribution in [0.5, 0.6) is 0 Å². The van der Waals surface area contributed by atoms with E-state index in [2.05, 4.69) is 30.0 Å². The lowest BCUT2D eigenvalue weighted by molar-refractivity contribution is -0.221. The van der Waals surface area contributed by atoms with E-state index in [0.717, 1.165) is 5.32 Å². The van der Waals surface area contributed by atoms with Crippen molar-refractivity contribution >= 4 is 13.4 Å². The maximum absolute atomic E-state index is 10.2. The zero-order chi connectivity index (χ0) is 17.0. The molecule has 0 aromatic carbocycles. The van der Waals surface area contributed by atoms with Gasteiger partial charge in [-0.15, -0.1) is 5.10 Å². The smallest absolute Gasteiger partial charge is 0.189 e. The summed E-state index contributed by atoms with van der Waals surface area (Å²) in [4.78, 5) is 0. The van der Waals surface area contributed by atoms with Crippen molar-refractivity contribution in [2.75, 3.05) is 6.61 Å². The fraction of sp³-hybridized carbons (Fsp3) is 0.857. The number of rotatable bonds is 4. The molecule has 2 aliphatic heterocycles. The highest BCUT2D eigenvalue weighted by molar-refractivity contribution is 6.88. The molecular weight excluding hydrogens is 318 g/mol. The van der Waals surface area contributed by atoms with Gasteiger partial charge in [0.1, 0.15) is 32.4 Å². The van der Waals surface area contributed by atoms with Gasteiger partial charge in [0.15, 0.2) is 12.1 Å². The highest BCUT2D eigenvalue weighted by Crippen LogP contribution is 2.43. The van der Waals surface area contributed by atoms with E-state index >= 15 is 0 Å². The Balaban J connectivity index is 2.00. The van der Waals surface area contributed by atoms with Gasteiger partial charge in [0.25, 0.3) is 0 Å². The molecule has 0 aliphatic carbocycles. The van der Waals surface area contributed by atoms with Crippen LogP contribution in [0, 0.1) is 0 Å². The molecule has 9 heteroatoms. The number of hydrogen-bond acceptors (Lipinski definition) is 7. The van der Waals surface area contributed by atoms with Gasteiger partial charge in [-0.05, 0) is 13.8 Å². The van der Waals surface area contributed by atoms with Crippen LogP contribution in [-0.2, 0) is 14.2 Å². The lowest BCUT2D eigenvalue weighted by Crippen LogP contribution is -2.49. The van der Waals surface area contributed by atoms with E-state index in [4.69, 9.17) is 14.2 Å². The Morgan fingerprint density at radius 3 is 2.65 bits per heavy atom. The molecule has 0 saturated carbocycles. The van der Waals surface area contributed by atoms with Gasteiger partial charge in [0.05, 0.1) is 12.8 Å². The van der Waals surface area contributed by atoms with E-state index in [1.165, 1.54) is 0 Å². The summed E-state index contributed by atoms with van der Waals surface area (Å²) in [5, 5.41) is 28.9. The topological polar surface area (TPSA) is 98.9 Å². The fourth-order valence-corrected chi connectivity index (χ4v) is 4.54. The molecule has 8 nitrogen and oxygen atoms in total. The van der Waals surface area contributed by atoms with E-state index in [1.54, 1.807) is 10.9 Å². The van der Waals surface area contributed by atoms with Crippen molar-refractivity contribution in [3.8, 4) is 0 Å². The van der Waals surface area contributed by atoms with Gasteiger partial charge in [0.2, 0.25) is 0 Å². The normalized spacial score (nSPS) is 34.6. The number of aliphatic hydroxyl groups excluding tert-OH is 2. The summed E-state index contributed by atoms with van der Waals surface area (Å²) >= 11 is 0. The number of hydrogen-bond donors (Lipinski definition) is 2. The van der Waals surface area contributed by atoms with Crippen LogP contribution in [0.15, 0.2) is 6.20 Å². The van der Waals surface area contributed by atoms with Crippen LogP contribution in [0.4, 0.5) is 0 Å². The Kier molecular flexibility index (Phi) is 4.14. The second-order valence-corrected chi connectivity index (χ2v) is 12.6. The van der Waals surface area contributed by atoms with E-state index in [9.17, 15) is 10.2 Å². The molecular formula is C14H25N3O5Si. The molecule has 0 spiro atoms. The van der Waals surface area contributed by atoms with Gasteiger partial charge >= 0.3 is 0 Å². The van der Waals surface area contributed by atoms with E-state index in [1.807, 2.05) is 13.8 Å². The molecule has 2 fully saturated rings. The maximum Gasteiger partial charge on any atom is 0.189 e. The molecule has 2 aliphatic rings. The first-order chi connectivity index (χ1) is 10.6. The second-order valence-electron chi connectivity index (χ2n) is 7.62. The van der Waals surface area contributed by atoms with Gasteiger partial charge in [-0.1, -0.05) is 24.9 Å². The van der Waals surface area contributed by atoms with Gasteiger partial charge in [-0.2, -0.15) is 0 Å². The number of ether oxygens (including phenoxy) is 3. The summed E-state index contributed by atoms with van der Waals surface area (Å²) in [5.41, 5.74) is 0. The average molecular weight is 343 g/mol. The molecule has 1 aromatic rings. The first kappa shape index (κ1) is 17.0. The molecule has 1 aromatic heterocycles. The zero-order valence-corrected chi connectivity index (χ0v) is 15.1. The monoisotopic (exact) mass is 343 g/mol. The predicted octanol–water partition coefficient (Wildman–Crippen LogP) is -0.406. The Morgan fingerprint density at radius 1 is 1.35 bits per heavy atom. The number of aromatic nitrogens is 3. The van der Waals surface area contributed by atoms with Crippen LogP contribution >= 0.6 is 0 Å². The SMILES string of the molecule is CC1(C)O[C@H]2O[C@H]([C@H](O)CO)[C@H](n3nncc3[Si](C)(C)C)[C@H]2O1. The Labute approximate surface area is 136 Å². The van der Waals surface area contributed by atoms with Crippen molar-refractivity contribution < 1.29 is 24.4 Å². The standard InChI is InChI=1S/C14H25N3O5Si/c1-14(2)21-12-10(11(8(19)7-18)20-13(12)22-14)17-9(6-15-16-17)23(3,4)5/h6,8,10-13,18-19H,7H2,1-5H3/t8-,10+,11-,12-,13-/m1/s1. The summed E-state index contributed by atoms with van der Waals surface area (Å²) in [6.45, 7) is 9.84. The minimum Gasteiger partial charge on any atom is -0.394 e. The molecule has 0 unspecified atom stereocenters. The third-order valence-corrected chi connectivity index (χ3v) is 6.14. The highest BCUT2D eigenvalue weighted by Gasteiger charge is 2.58. The Morgan fingerprint density at radius 2 is 2.04 bits per heavy atom. The van der Waals surface area contributed by atoms with Gasteiger partial charge in [-0.25, -0.2) is 4.68 Å². The molecule has 0 radical (unpaired) electrons. The molecule has 2 N–H and O–H groups in total. The summed E-state index contributed by atoms with van der Waals surface area (Å²) < 4.78 is 19.4. The van der Waals surface area contributed by atoms with Gasteiger partial charge < -0.3 is 24.4 Å². The Hall–Kier alpha value is -0.843. The maximum atomic E-state index is 10.2. The molecule has 5 atom stereocenters. The fourth-order valence-electron chi connectivity index (χ4n) is 3.22. The molecule has 3 rings (SSSR count). The number of fused-ring (bicyclic) bond motifs is 1. The minimum atomic E-state index is -1.71. The lowest BCUT2D eigenvalue weighted by Gasteiger charge is -2.30. The lowest BCUT2D eigenvalue weighted by atomic mass is 10.0. The van der Waals surface area contributed by atoms with E-state index in [0.29, 0.717) is 0 Å². The zero-order valence-electron chi connectivity index (χ0n) is 14.1. The van der Waals surface area contributed by atoms with Crippen LogP contribution in [0.2, 0.25) is 19.6 Å². The molecule has 2 saturated heterocycles. The highest BCUT2D eigenvalue weighted by atomic mass is 28.3. The van der Waals surface area contributed by atoms with Crippen LogP contribution in [0.25, 0.3) is 0 Å². The van der Waals surface area contributed by atoms with Crippen LogP contribution in [0.1, 0.15) is 19.9 Å². The largest absolute Gasteiger partial charge is 0.394 e. The predicted molar refractivity (Wildman–Crippen MR) is 83.8 cm³/mol. The second kappa shape index (κ2) is 5.61.